The van der Waals surface area contributed by atoms with Crippen LogP contribution in [0.1, 0.15) is 83.9 Å². The van der Waals surface area contributed by atoms with Crippen molar-refractivity contribution in [2.45, 2.75) is 125 Å². The number of fused-ring (bicyclic) bond motifs is 2. The molecule has 0 aliphatic carbocycles. The number of hydrogen-bond acceptors (Lipinski definition) is 5. The predicted molar refractivity (Wildman–Crippen MR) is 226 cm³/mol. The quantitative estimate of drug-likeness (QED) is 0.0701. The SMILES string of the molecule is CCCCC(CC)Cc1sc(-c2c3c[c]([Sn]([CH3])([CH3])[CH3])sc3c(-c3cc(F)c(SC(CC)CCCC)s3)c3c[c]([Sn]([CH3])([CH3])[CH3])sc23)cc1F. The number of unbranched alkanes of at least 4 members (excludes halogenated alkanes) is 2. The van der Waals surface area contributed by atoms with Gasteiger partial charge in [-0.2, -0.15) is 0 Å². The van der Waals surface area contributed by atoms with Gasteiger partial charge in [0.25, 0.3) is 0 Å². The predicted octanol–water partition coefficient (Wildman–Crippen LogP) is 14.8. The van der Waals surface area contributed by atoms with Crippen molar-refractivity contribution < 1.29 is 8.78 Å². The Morgan fingerprint density at radius 3 is 1.67 bits per heavy atom. The van der Waals surface area contributed by atoms with E-state index < -0.39 is 36.8 Å². The van der Waals surface area contributed by atoms with Crippen LogP contribution in [0.15, 0.2) is 28.5 Å². The Hall–Kier alpha value is 0.347. The van der Waals surface area contributed by atoms with Gasteiger partial charge in [0.2, 0.25) is 0 Å². The van der Waals surface area contributed by atoms with E-state index in [2.05, 4.69) is 69.5 Å². The fraction of sp³-hybridized carbons (Fsp3) is 0.538. The summed E-state index contributed by atoms with van der Waals surface area (Å²) < 4.78 is 38.2. The van der Waals surface area contributed by atoms with Crippen molar-refractivity contribution in [3.05, 3.63) is 40.8 Å². The van der Waals surface area contributed by atoms with Crippen molar-refractivity contribution in [1.29, 1.82) is 0 Å². The third kappa shape index (κ3) is 8.75. The molecule has 5 aromatic rings. The molecular formula is C39H54F2S5Sn2. The van der Waals surface area contributed by atoms with Gasteiger partial charge in [-0.05, 0) is 0 Å². The van der Waals surface area contributed by atoms with Crippen molar-refractivity contribution in [1.82, 2.24) is 0 Å². The molecule has 0 fully saturated rings. The molecule has 5 rings (SSSR count). The molecule has 9 heteroatoms. The van der Waals surface area contributed by atoms with Crippen LogP contribution in [0, 0.1) is 17.6 Å². The molecule has 1 aromatic carbocycles. The zero-order valence-corrected chi connectivity index (χ0v) is 40.4. The zero-order valence-electron chi connectivity index (χ0n) is 30.6. The van der Waals surface area contributed by atoms with Crippen molar-refractivity contribution >= 4 is 120 Å². The Kier molecular flexibility index (Phi) is 13.7. The molecule has 4 aromatic heterocycles. The van der Waals surface area contributed by atoms with Gasteiger partial charge in [-0.25, -0.2) is 0 Å². The summed E-state index contributed by atoms with van der Waals surface area (Å²) >= 11 is 3.99. The van der Waals surface area contributed by atoms with E-state index in [4.69, 9.17) is 0 Å². The summed E-state index contributed by atoms with van der Waals surface area (Å²) in [7, 11) is 0. The Labute approximate surface area is 317 Å². The van der Waals surface area contributed by atoms with Gasteiger partial charge in [0.05, 0.1) is 0 Å². The summed E-state index contributed by atoms with van der Waals surface area (Å²) in [6, 6.07) is 8.62. The van der Waals surface area contributed by atoms with E-state index in [-0.39, 0.29) is 11.6 Å². The summed E-state index contributed by atoms with van der Waals surface area (Å²) in [4.78, 5) is 17.9. The van der Waals surface area contributed by atoms with Crippen LogP contribution in [-0.4, -0.2) is 42.0 Å². The van der Waals surface area contributed by atoms with E-state index in [1.54, 1.807) is 34.4 Å². The van der Waals surface area contributed by atoms with E-state index in [1.807, 2.05) is 34.8 Å². The molecule has 48 heavy (non-hydrogen) atoms. The molecule has 262 valence electrons. The van der Waals surface area contributed by atoms with Crippen LogP contribution in [0.4, 0.5) is 8.78 Å². The molecule has 0 N–H and O–H groups in total. The van der Waals surface area contributed by atoms with Crippen LogP contribution < -0.4 is 5.79 Å². The Balaban J connectivity index is 1.76. The summed E-state index contributed by atoms with van der Waals surface area (Å²) in [5, 5.41) is 2.95. The normalized spacial score (nSPS) is 14.1. The van der Waals surface area contributed by atoms with Gasteiger partial charge in [-0.1, -0.05) is 13.8 Å². The van der Waals surface area contributed by atoms with Crippen LogP contribution in [0.2, 0.25) is 29.6 Å². The van der Waals surface area contributed by atoms with Gasteiger partial charge in [0.1, 0.15) is 0 Å². The molecule has 0 aliphatic heterocycles. The average Bonchev–Trinajstić information content (AvgIpc) is 3.81. The van der Waals surface area contributed by atoms with Crippen molar-refractivity contribution in [2.75, 3.05) is 0 Å². The van der Waals surface area contributed by atoms with Gasteiger partial charge in [0.15, 0.2) is 0 Å². The number of rotatable bonds is 16. The summed E-state index contributed by atoms with van der Waals surface area (Å²) in [6.45, 7) is 8.95. The number of hydrogen-bond donors (Lipinski definition) is 0. The van der Waals surface area contributed by atoms with E-state index in [9.17, 15) is 0 Å². The second kappa shape index (κ2) is 16.6. The van der Waals surface area contributed by atoms with Crippen LogP contribution in [0.25, 0.3) is 41.1 Å². The standard InChI is InChI=1S/C33H36F2S5.6CH3.2Sn/c1-5-9-11-20(7-3)17-26-24(34)18-27(39-26)29-22-13-15-37-32(22)30(23-14-16-36-31(23)29)28-19-25(35)33(40-28)38-21(8-4)12-10-6-2;;;;;;;;/h13-14,18-21H,5-12,17H2,1-4H3;6*1H3;;. The molecule has 2 unspecified atom stereocenters. The van der Waals surface area contributed by atoms with Gasteiger partial charge in [-0.3, -0.25) is 0 Å². The van der Waals surface area contributed by atoms with Crippen LogP contribution in [0.3, 0.4) is 0 Å². The zero-order chi connectivity index (χ0) is 35.0. The maximum atomic E-state index is 15.9. The Bertz CT molecular complexity index is 1660. The first-order valence-corrected chi connectivity index (χ1v) is 42.1. The monoisotopic (exact) mass is 960 g/mol. The first-order valence-electron chi connectivity index (χ1n) is 18.0. The van der Waals surface area contributed by atoms with Gasteiger partial charge < -0.3 is 0 Å². The number of thiophene rings is 4. The third-order valence-corrected chi connectivity index (χ3v) is 34.5. The average molecular weight is 959 g/mol. The first kappa shape index (κ1) is 39.6. The van der Waals surface area contributed by atoms with Gasteiger partial charge >= 0.3 is 307 Å². The minimum absolute atomic E-state index is 0.0388. The molecule has 0 radical (unpaired) electrons. The van der Waals surface area contributed by atoms with E-state index >= 15 is 8.78 Å². The molecule has 0 spiro atoms. The fourth-order valence-electron chi connectivity index (χ4n) is 6.36. The molecule has 0 saturated heterocycles. The third-order valence-electron chi connectivity index (χ3n) is 9.47. The maximum absolute atomic E-state index is 15.9. The second-order valence-electron chi connectivity index (χ2n) is 15.5. The summed E-state index contributed by atoms with van der Waals surface area (Å²) in [6.07, 6.45) is 10.00. The van der Waals surface area contributed by atoms with E-state index in [1.165, 1.54) is 62.8 Å². The summed E-state index contributed by atoms with van der Waals surface area (Å²) in [5.74, 6) is 0.411. The molecule has 0 amide bonds. The molecule has 0 bridgehead atoms. The Morgan fingerprint density at radius 1 is 0.646 bits per heavy atom. The van der Waals surface area contributed by atoms with Gasteiger partial charge in [0, 0.05) is 0 Å². The molecule has 2 atom stereocenters. The number of benzene rings is 1. The molecule has 0 saturated carbocycles. The molecule has 0 nitrogen and oxygen atoms in total. The van der Waals surface area contributed by atoms with Gasteiger partial charge in [-0.15, -0.1) is 0 Å². The first-order chi connectivity index (χ1) is 22.7. The molecule has 0 aliphatic rings. The molecule has 4 heterocycles. The summed E-state index contributed by atoms with van der Waals surface area (Å²) in [5.41, 5.74) is 2.44. The Morgan fingerprint density at radius 2 is 1.17 bits per heavy atom. The second-order valence-corrected chi connectivity index (χ2v) is 52.2. The molecular weight excluding hydrogens is 904 g/mol. The van der Waals surface area contributed by atoms with Crippen molar-refractivity contribution in [3.63, 3.8) is 0 Å². The van der Waals surface area contributed by atoms with E-state index in [0.29, 0.717) is 11.2 Å². The van der Waals surface area contributed by atoms with Crippen LogP contribution >= 0.6 is 57.1 Å². The fourth-order valence-corrected chi connectivity index (χ4v) is 23.2. The van der Waals surface area contributed by atoms with Crippen molar-refractivity contribution in [2.24, 2.45) is 5.92 Å². The number of halogens is 2. The number of thioether (sulfide) groups is 1. The van der Waals surface area contributed by atoms with Crippen LogP contribution in [0.5, 0.6) is 0 Å². The van der Waals surface area contributed by atoms with Crippen molar-refractivity contribution in [3.8, 4) is 20.9 Å². The topological polar surface area (TPSA) is 0 Å². The van der Waals surface area contributed by atoms with E-state index in [0.717, 1.165) is 50.9 Å². The minimum atomic E-state index is -2.50. The van der Waals surface area contributed by atoms with Crippen LogP contribution in [-0.2, 0) is 6.42 Å².